The average molecular weight is 253 g/mol. The predicted octanol–water partition coefficient (Wildman–Crippen LogP) is 1.19. The number of nitrogens with two attached hydrogens (primary N) is 1. The second kappa shape index (κ2) is 5.26. The number of aryl methyl sites for hydroxylation is 1. The van der Waals surface area contributed by atoms with Gasteiger partial charge in [0, 0.05) is 6.20 Å². The molecule has 0 fully saturated rings. The minimum absolute atomic E-state index is 0.326. The molecular formula is C10H12FN5S. The Kier molecular flexibility index (Phi) is 3.72. The maximum Gasteiger partial charge on any atom is 0.141 e. The van der Waals surface area contributed by atoms with Crippen LogP contribution in [0.5, 0.6) is 0 Å². The van der Waals surface area contributed by atoms with Crippen LogP contribution in [0.2, 0.25) is 0 Å². The largest absolute Gasteiger partial charge is 0.271 e. The van der Waals surface area contributed by atoms with Crippen molar-refractivity contribution in [2.45, 2.75) is 19.4 Å². The number of nitrogens with one attached hydrogen (secondary N) is 1. The Hall–Kier alpha value is -1.44. The van der Waals surface area contributed by atoms with Gasteiger partial charge in [-0.25, -0.2) is 9.82 Å². The standard InChI is InChI=1S/C10H12FN5S/c1-2-8-10(17-16-15-8)9(14-12)6-3-7(11)5-13-4-6/h3-5,9,14H,2,12H2,1H3. The molecular weight excluding hydrogens is 241 g/mol. The Labute approximate surface area is 102 Å². The summed E-state index contributed by atoms with van der Waals surface area (Å²) in [5.41, 5.74) is 4.17. The Bertz CT molecular complexity index is 501. The fourth-order valence-corrected chi connectivity index (χ4v) is 2.42. The molecule has 90 valence electrons. The molecule has 2 heterocycles. The van der Waals surface area contributed by atoms with Gasteiger partial charge in [0.15, 0.2) is 0 Å². The zero-order valence-corrected chi connectivity index (χ0v) is 10.0. The zero-order chi connectivity index (χ0) is 12.3. The highest BCUT2D eigenvalue weighted by Gasteiger charge is 2.19. The number of hydrazine groups is 1. The molecule has 0 aromatic carbocycles. The van der Waals surface area contributed by atoms with Gasteiger partial charge in [0.2, 0.25) is 0 Å². The minimum atomic E-state index is -0.390. The highest BCUT2D eigenvalue weighted by molar-refractivity contribution is 7.05. The van der Waals surface area contributed by atoms with Crippen LogP contribution in [0.1, 0.15) is 29.1 Å². The third kappa shape index (κ3) is 2.46. The molecule has 0 amide bonds. The summed E-state index contributed by atoms with van der Waals surface area (Å²) in [5.74, 6) is 5.13. The molecule has 2 aromatic rings. The van der Waals surface area contributed by atoms with Gasteiger partial charge in [0.1, 0.15) is 5.82 Å². The topological polar surface area (TPSA) is 76.7 Å². The van der Waals surface area contributed by atoms with Crippen LogP contribution in [0.15, 0.2) is 18.5 Å². The first-order valence-electron chi connectivity index (χ1n) is 5.14. The van der Waals surface area contributed by atoms with E-state index in [-0.39, 0.29) is 6.04 Å². The molecule has 0 radical (unpaired) electrons. The van der Waals surface area contributed by atoms with E-state index in [1.165, 1.54) is 17.6 Å². The summed E-state index contributed by atoms with van der Waals surface area (Å²) in [5, 5.41) is 4.01. The van der Waals surface area contributed by atoms with Gasteiger partial charge in [0.05, 0.1) is 22.8 Å². The van der Waals surface area contributed by atoms with E-state index in [1.807, 2.05) is 6.92 Å². The summed E-state index contributed by atoms with van der Waals surface area (Å²) >= 11 is 1.25. The predicted molar refractivity (Wildman–Crippen MR) is 62.6 cm³/mol. The summed E-state index contributed by atoms with van der Waals surface area (Å²) in [6.07, 6.45) is 3.49. The first kappa shape index (κ1) is 12.0. The smallest absolute Gasteiger partial charge is 0.141 e. The van der Waals surface area contributed by atoms with Crippen molar-refractivity contribution in [2.24, 2.45) is 5.84 Å². The van der Waals surface area contributed by atoms with Crippen LogP contribution < -0.4 is 11.3 Å². The van der Waals surface area contributed by atoms with E-state index in [4.69, 9.17) is 5.84 Å². The van der Waals surface area contributed by atoms with Gasteiger partial charge in [-0.05, 0) is 29.6 Å². The fraction of sp³-hybridized carbons (Fsp3) is 0.300. The van der Waals surface area contributed by atoms with Crippen molar-refractivity contribution in [2.75, 3.05) is 0 Å². The molecule has 3 N–H and O–H groups in total. The molecule has 0 aliphatic heterocycles. The van der Waals surface area contributed by atoms with Gasteiger partial charge in [-0.3, -0.25) is 10.8 Å². The number of hydrogen-bond acceptors (Lipinski definition) is 6. The summed E-state index contributed by atoms with van der Waals surface area (Å²) in [6, 6.07) is 1.07. The van der Waals surface area contributed by atoms with Crippen LogP contribution in [0.3, 0.4) is 0 Å². The lowest BCUT2D eigenvalue weighted by Gasteiger charge is -2.14. The summed E-state index contributed by atoms with van der Waals surface area (Å²) in [6.45, 7) is 1.98. The molecule has 17 heavy (non-hydrogen) atoms. The molecule has 0 bridgehead atoms. The van der Waals surface area contributed by atoms with Crippen LogP contribution >= 0.6 is 11.5 Å². The van der Waals surface area contributed by atoms with Crippen LogP contribution in [0.25, 0.3) is 0 Å². The maximum absolute atomic E-state index is 13.1. The molecule has 1 atom stereocenters. The molecule has 0 aliphatic carbocycles. The van der Waals surface area contributed by atoms with Crippen molar-refractivity contribution >= 4 is 11.5 Å². The lowest BCUT2D eigenvalue weighted by Crippen LogP contribution is -2.29. The average Bonchev–Trinajstić information content (AvgIpc) is 2.78. The third-order valence-corrected chi connectivity index (χ3v) is 3.24. The van der Waals surface area contributed by atoms with Gasteiger partial charge in [-0.15, -0.1) is 5.10 Å². The minimum Gasteiger partial charge on any atom is -0.271 e. The normalized spacial score (nSPS) is 12.6. The molecule has 0 aliphatic rings. The van der Waals surface area contributed by atoms with Crippen LogP contribution in [-0.4, -0.2) is 14.6 Å². The van der Waals surface area contributed by atoms with E-state index >= 15 is 0 Å². The first-order valence-corrected chi connectivity index (χ1v) is 5.91. The summed E-state index contributed by atoms with van der Waals surface area (Å²) in [4.78, 5) is 4.70. The Morgan fingerprint density at radius 1 is 1.53 bits per heavy atom. The van der Waals surface area contributed by atoms with Crippen LogP contribution in [0.4, 0.5) is 4.39 Å². The molecule has 0 spiro atoms. The summed E-state index contributed by atoms with van der Waals surface area (Å²) < 4.78 is 17.0. The van der Waals surface area contributed by atoms with E-state index in [0.29, 0.717) is 5.56 Å². The van der Waals surface area contributed by atoms with Crippen molar-refractivity contribution in [3.05, 3.63) is 40.4 Å². The van der Waals surface area contributed by atoms with E-state index in [1.54, 1.807) is 6.20 Å². The van der Waals surface area contributed by atoms with E-state index in [2.05, 4.69) is 20.0 Å². The van der Waals surface area contributed by atoms with Gasteiger partial charge < -0.3 is 0 Å². The van der Waals surface area contributed by atoms with Crippen molar-refractivity contribution in [1.29, 1.82) is 0 Å². The third-order valence-electron chi connectivity index (χ3n) is 2.41. The van der Waals surface area contributed by atoms with Crippen molar-refractivity contribution in [3.8, 4) is 0 Å². The number of rotatable bonds is 4. The second-order valence-electron chi connectivity index (χ2n) is 3.47. The highest BCUT2D eigenvalue weighted by Crippen LogP contribution is 2.26. The van der Waals surface area contributed by atoms with Crippen molar-refractivity contribution in [1.82, 2.24) is 20.0 Å². The number of nitrogens with zero attached hydrogens (tertiary/aromatic N) is 3. The molecule has 2 aromatic heterocycles. The van der Waals surface area contributed by atoms with Crippen LogP contribution in [0, 0.1) is 5.82 Å². The monoisotopic (exact) mass is 253 g/mol. The molecule has 7 heteroatoms. The van der Waals surface area contributed by atoms with E-state index in [9.17, 15) is 4.39 Å². The first-order chi connectivity index (χ1) is 8.26. The molecule has 1 unspecified atom stereocenters. The van der Waals surface area contributed by atoms with Gasteiger partial charge in [-0.2, -0.15) is 0 Å². The number of hydrogen-bond donors (Lipinski definition) is 2. The van der Waals surface area contributed by atoms with Gasteiger partial charge in [-0.1, -0.05) is 11.4 Å². The second-order valence-corrected chi connectivity index (χ2v) is 4.26. The van der Waals surface area contributed by atoms with E-state index < -0.39 is 5.82 Å². The number of aromatic nitrogens is 3. The fourth-order valence-electron chi connectivity index (χ4n) is 1.59. The number of halogens is 1. The molecule has 2 rings (SSSR count). The summed E-state index contributed by atoms with van der Waals surface area (Å²) in [7, 11) is 0. The van der Waals surface area contributed by atoms with Crippen LogP contribution in [-0.2, 0) is 6.42 Å². The lowest BCUT2D eigenvalue weighted by atomic mass is 10.1. The quantitative estimate of drug-likeness (QED) is 0.632. The van der Waals surface area contributed by atoms with Gasteiger partial charge in [0.25, 0.3) is 0 Å². The Morgan fingerprint density at radius 3 is 3.00 bits per heavy atom. The van der Waals surface area contributed by atoms with Crippen molar-refractivity contribution in [3.63, 3.8) is 0 Å². The zero-order valence-electron chi connectivity index (χ0n) is 9.22. The Balaban J connectivity index is 2.40. The lowest BCUT2D eigenvalue weighted by molar-refractivity contribution is 0.599. The van der Waals surface area contributed by atoms with E-state index in [0.717, 1.165) is 23.2 Å². The van der Waals surface area contributed by atoms with Gasteiger partial charge >= 0.3 is 0 Å². The van der Waals surface area contributed by atoms with Crippen molar-refractivity contribution < 1.29 is 4.39 Å². The number of pyridine rings is 1. The highest BCUT2D eigenvalue weighted by atomic mass is 32.1. The Morgan fingerprint density at radius 2 is 2.35 bits per heavy atom. The molecule has 0 saturated heterocycles. The molecule has 0 saturated carbocycles. The SMILES string of the molecule is CCc1nnsc1C(NN)c1cncc(F)c1. The maximum atomic E-state index is 13.1. The molecule has 5 nitrogen and oxygen atoms in total.